The Balaban J connectivity index is 0.000000240. The van der Waals surface area contributed by atoms with E-state index in [4.69, 9.17) is 5.11 Å². The van der Waals surface area contributed by atoms with E-state index in [0.29, 0.717) is 6.42 Å². The van der Waals surface area contributed by atoms with Crippen molar-refractivity contribution in [2.24, 2.45) is 0 Å². The number of carbonyl (C=O) groups is 1. The highest BCUT2D eigenvalue weighted by atomic mass is 16.4. The zero-order valence-corrected chi connectivity index (χ0v) is 12.2. The van der Waals surface area contributed by atoms with Gasteiger partial charge in [0.2, 0.25) is 0 Å². The fraction of sp³-hybridized carbons (Fsp3) is 0.211. The third-order valence-corrected chi connectivity index (χ3v) is 2.89. The fourth-order valence-corrected chi connectivity index (χ4v) is 1.83. The molecule has 1 N–H and O–H groups in total. The van der Waals surface area contributed by atoms with Gasteiger partial charge in [0.05, 0.1) is 0 Å². The molecule has 110 valence electrons. The lowest BCUT2D eigenvalue weighted by molar-refractivity contribution is -0.137. The summed E-state index contributed by atoms with van der Waals surface area (Å²) in [7, 11) is 0. The van der Waals surface area contributed by atoms with Crippen molar-refractivity contribution in [3.63, 3.8) is 0 Å². The van der Waals surface area contributed by atoms with Crippen LogP contribution in [0.1, 0.15) is 30.4 Å². The number of hydrogen-bond donors (Lipinski definition) is 1. The van der Waals surface area contributed by atoms with E-state index in [-0.39, 0.29) is 6.42 Å². The van der Waals surface area contributed by atoms with Gasteiger partial charge in [-0.2, -0.15) is 0 Å². The molecule has 0 amide bonds. The van der Waals surface area contributed by atoms with Gasteiger partial charge >= 0.3 is 5.97 Å². The lowest BCUT2D eigenvalue weighted by Crippen LogP contribution is -1.92. The van der Waals surface area contributed by atoms with Crippen molar-refractivity contribution < 1.29 is 9.90 Å². The second-order valence-corrected chi connectivity index (χ2v) is 4.72. The van der Waals surface area contributed by atoms with Crippen LogP contribution < -0.4 is 0 Å². The Labute approximate surface area is 126 Å². The monoisotopic (exact) mass is 282 g/mol. The van der Waals surface area contributed by atoms with Gasteiger partial charge in [0.25, 0.3) is 0 Å². The first-order valence-electron chi connectivity index (χ1n) is 7.13. The van der Waals surface area contributed by atoms with E-state index in [0.717, 1.165) is 12.8 Å². The van der Waals surface area contributed by atoms with Gasteiger partial charge in [0.1, 0.15) is 0 Å². The molecular weight excluding hydrogens is 260 g/mol. The smallest absolute Gasteiger partial charge is 0.303 e. The van der Waals surface area contributed by atoms with Gasteiger partial charge < -0.3 is 5.11 Å². The summed E-state index contributed by atoms with van der Waals surface area (Å²) in [5.74, 6) is -0.730. The predicted molar refractivity (Wildman–Crippen MR) is 87.4 cm³/mol. The number of benzene rings is 2. The summed E-state index contributed by atoms with van der Waals surface area (Å²) in [6.07, 6.45) is 4.52. The quantitative estimate of drug-likeness (QED) is 0.615. The maximum Gasteiger partial charge on any atom is 0.303 e. The highest BCUT2D eigenvalue weighted by molar-refractivity contribution is 5.66. The Morgan fingerprint density at radius 1 is 0.952 bits per heavy atom. The van der Waals surface area contributed by atoms with Gasteiger partial charge in [-0.1, -0.05) is 66.7 Å². The average Bonchev–Trinajstić information content (AvgIpc) is 2.50. The second-order valence-electron chi connectivity index (χ2n) is 4.72. The van der Waals surface area contributed by atoms with Gasteiger partial charge in [-0.3, -0.25) is 4.79 Å². The van der Waals surface area contributed by atoms with E-state index in [1.807, 2.05) is 0 Å². The van der Waals surface area contributed by atoms with Gasteiger partial charge in [0, 0.05) is 6.42 Å². The Hall–Kier alpha value is -2.35. The molecular formula is C19H22O2. The summed E-state index contributed by atoms with van der Waals surface area (Å²) in [5, 5.41) is 8.11. The number of aliphatic carboxylic acids is 1. The van der Waals surface area contributed by atoms with Crippen molar-refractivity contribution in [1.82, 2.24) is 0 Å². The molecule has 2 heteroatoms. The van der Waals surface area contributed by atoms with Crippen LogP contribution in [0.15, 0.2) is 73.3 Å². The van der Waals surface area contributed by atoms with Crippen LogP contribution >= 0.6 is 0 Å². The molecule has 2 nitrogen and oxygen atoms in total. The van der Waals surface area contributed by atoms with Crippen LogP contribution in [0.2, 0.25) is 0 Å². The van der Waals surface area contributed by atoms with Crippen LogP contribution in [-0.2, 0) is 11.2 Å². The molecule has 0 saturated heterocycles. The standard InChI is InChI=1S/C13H12.C6H10O2/c1-3-7-12(8-4-1)11-13-9-5-2-6-10-13;1-2-3-4-5-6(7)8/h1-10H,11H2;2H,1,3-5H2,(H,7,8). The van der Waals surface area contributed by atoms with E-state index in [1.54, 1.807) is 6.08 Å². The summed E-state index contributed by atoms with van der Waals surface area (Å²) in [6, 6.07) is 21.1. The number of rotatable bonds is 6. The Bertz CT molecular complexity index is 480. The van der Waals surface area contributed by atoms with Crippen molar-refractivity contribution in [2.75, 3.05) is 0 Å². The van der Waals surface area contributed by atoms with Crippen LogP contribution in [0, 0.1) is 0 Å². The number of hydrogen-bond acceptors (Lipinski definition) is 1. The molecule has 0 atom stereocenters. The zero-order valence-electron chi connectivity index (χ0n) is 12.2. The highest BCUT2D eigenvalue weighted by Gasteiger charge is 1.93. The summed E-state index contributed by atoms with van der Waals surface area (Å²) in [4.78, 5) is 9.84. The van der Waals surface area contributed by atoms with Gasteiger partial charge in [-0.05, 0) is 30.4 Å². The Kier molecular flexibility index (Phi) is 8.30. The van der Waals surface area contributed by atoms with Gasteiger partial charge in [-0.15, -0.1) is 6.58 Å². The summed E-state index contributed by atoms with van der Waals surface area (Å²) < 4.78 is 0. The number of carboxylic acids is 1. The lowest BCUT2D eigenvalue weighted by atomic mass is 10.1. The predicted octanol–water partition coefficient (Wildman–Crippen LogP) is 4.70. The largest absolute Gasteiger partial charge is 0.481 e. The van der Waals surface area contributed by atoms with Crippen LogP contribution in [-0.4, -0.2) is 11.1 Å². The number of carboxylic acid groups (broad SMARTS) is 1. The van der Waals surface area contributed by atoms with E-state index in [9.17, 15) is 4.79 Å². The molecule has 2 aromatic carbocycles. The topological polar surface area (TPSA) is 37.3 Å². The molecule has 0 saturated carbocycles. The minimum absolute atomic E-state index is 0.256. The molecule has 0 unspecified atom stereocenters. The van der Waals surface area contributed by atoms with Crippen LogP contribution in [0.3, 0.4) is 0 Å². The Morgan fingerprint density at radius 3 is 1.81 bits per heavy atom. The molecule has 0 fully saturated rings. The van der Waals surface area contributed by atoms with Crippen molar-refractivity contribution in [2.45, 2.75) is 25.7 Å². The third-order valence-electron chi connectivity index (χ3n) is 2.89. The van der Waals surface area contributed by atoms with E-state index >= 15 is 0 Å². The zero-order chi connectivity index (χ0) is 15.3. The average molecular weight is 282 g/mol. The van der Waals surface area contributed by atoms with Gasteiger partial charge in [-0.25, -0.2) is 0 Å². The third kappa shape index (κ3) is 8.43. The molecule has 0 bridgehead atoms. The minimum Gasteiger partial charge on any atom is -0.481 e. The minimum atomic E-state index is -0.730. The number of unbranched alkanes of at least 4 members (excludes halogenated alkanes) is 1. The molecule has 2 aromatic rings. The van der Waals surface area contributed by atoms with Gasteiger partial charge in [0.15, 0.2) is 0 Å². The number of allylic oxidation sites excluding steroid dienone is 1. The second kappa shape index (κ2) is 10.4. The normalized spacial score (nSPS) is 9.33. The molecule has 0 spiro atoms. The van der Waals surface area contributed by atoms with E-state index in [1.165, 1.54) is 11.1 Å². The molecule has 2 rings (SSSR count). The maximum absolute atomic E-state index is 9.84. The van der Waals surface area contributed by atoms with Crippen LogP contribution in [0.25, 0.3) is 0 Å². The molecule has 0 aliphatic heterocycles. The SMILES string of the molecule is C=CCCCC(=O)O.c1ccc(Cc2ccccc2)cc1. The molecule has 21 heavy (non-hydrogen) atoms. The molecule has 0 heterocycles. The summed E-state index contributed by atoms with van der Waals surface area (Å²) >= 11 is 0. The molecule has 0 radical (unpaired) electrons. The van der Waals surface area contributed by atoms with Crippen molar-refractivity contribution >= 4 is 5.97 Å². The van der Waals surface area contributed by atoms with Crippen molar-refractivity contribution in [3.05, 3.63) is 84.4 Å². The first-order chi connectivity index (χ1) is 10.2. The van der Waals surface area contributed by atoms with E-state index in [2.05, 4.69) is 67.2 Å². The maximum atomic E-state index is 9.84. The first-order valence-corrected chi connectivity index (χ1v) is 7.13. The molecule has 0 aliphatic carbocycles. The first kappa shape index (κ1) is 16.7. The highest BCUT2D eigenvalue weighted by Crippen LogP contribution is 2.07. The lowest BCUT2D eigenvalue weighted by Gasteiger charge is -2.00. The van der Waals surface area contributed by atoms with Crippen LogP contribution in [0.5, 0.6) is 0 Å². The molecule has 0 aromatic heterocycles. The van der Waals surface area contributed by atoms with Crippen molar-refractivity contribution in [1.29, 1.82) is 0 Å². The van der Waals surface area contributed by atoms with Crippen molar-refractivity contribution in [3.8, 4) is 0 Å². The summed E-state index contributed by atoms with van der Waals surface area (Å²) in [5.41, 5.74) is 2.74. The van der Waals surface area contributed by atoms with E-state index < -0.39 is 5.97 Å². The molecule has 0 aliphatic rings. The van der Waals surface area contributed by atoms with Crippen LogP contribution in [0.4, 0.5) is 0 Å². The summed E-state index contributed by atoms with van der Waals surface area (Å²) in [6.45, 7) is 3.46. The Morgan fingerprint density at radius 2 is 1.43 bits per heavy atom. The fourth-order valence-electron chi connectivity index (χ4n) is 1.83.